The number of unbranched alkanes of at least 4 members (excludes halogenated alkanes) is 34. The minimum absolute atomic E-state index is 0.00994. The van der Waals surface area contributed by atoms with Gasteiger partial charge < -0.3 is 9.47 Å². The molecular weight excluding hydrogens is 604 g/mol. The molecule has 0 aliphatic heterocycles. The van der Waals surface area contributed by atoms with Crippen molar-refractivity contribution in [1.29, 1.82) is 0 Å². The molecule has 0 aromatic carbocycles. The molecule has 0 amide bonds. The number of esters is 2. The van der Waals surface area contributed by atoms with E-state index < -0.39 is 0 Å². The maximum atomic E-state index is 12.0. The monoisotopic (exact) mass is 693 g/mol. The van der Waals surface area contributed by atoms with Crippen molar-refractivity contribution < 1.29 is 19.1 Å². The summed E-state index contributed by atoms with van der Waals surface area (Å²) >= 11 is 0. The summed E-state index contributed by atoms with van der Waals surface area (Å²) in [6, 6.07) is 0. The molecule has 0 N–H and O–H groups in total. The van der Waals surface area contributed by atoms with Crippen molar-refractivity contribution in [1.82, 2.24) is 0 Å². The van der Waals surface area contributed by atoms with Crippen LogP contribution in [0.1, 0.15) is 264 Å². The van der Waals surface area contributed by atoms with Gasteiger partial charge >= 0.3 is 11.9 Å². The average Bonchev–Trinajstić information content (AvgIpc) is 3.10. The summed E-state index contributed by atoms with van der Waals surface area (Å²) in [7, 11) is 0. The topological polar surface area (TPSA) is 52.6 Å². The van der Waals surface area contributed by atoms with Crippen molar-refractivity contribution in [2.75, 3.05) is 13.2 Å². The average molecular weight is 693 g/mol. The third-order valence-corrected chi connectivity index (χ3v) is 10.3. The molecule has 0 saturated heterocycles. The molecule has 4 nitrogen and oxygen atoms in total. The number of carbonyl (C=O) groups is 2. The lowest BCUT2D eigenvalue weighted by Crippen LogP contribution is -2.05. The van der Waals surface area contributed by atoms with E-state index >= 15 is 0 Å². The van der Waals surface area contributed by atoms with Crippen LogP contribution >= 0.6 is 0 Å². The zero-order valence-electron chi connectivity index (χ0n) is 33.6. The third kappa shape index (κ3) is 43.0. The maximum Gasteiger partial charge on any atom is 0.305 e. The number of hydrogen-bond acceptors (Lipinski definition) is 4. The van der Waals surface area contributed by atoms with Gasteiger partial charge in [-0.25, -0.2) is 0 Å². The summed E-state index contributed by atoms with van der Waals surface area (Å²) < 4.78 is 10.9. The highest BCUT2D eigenvalue weighted by Gasteiger charge is 2.04. The second-order valence-corrected chi connectivity index (χ2v) is 15.3. The second kappa shape index (κ2) is 43.1. The normalized spacial score (nSPS) is 11.3. The van der Waals surface area contributed by atoms with Gasteiger partial charge in [0.1, 0.15) is 0 Å². The fourth-order valence-electron chi connectivity index (χ4n) is 6.89. The fourth-order valence-corrected chi connectivity index (χ4v) is 6.89. The van der Waals surface area contributed by atoms with Crippen molar-refractivity contribution in [2.45, 2.75) is 264 Å². The molecule has 0 aromatic heterocycles. The molecule has 0 spiro atoms. The van der Waals surface area contributed by atoms with Gasteiger partial charge in [-0.05, 0) is 25.7 Å². The molecule has 0 bridgehead atoms. The van der Waals surface area contributed by atoms with Crippen molar-refractivity contribution in [3.8, 4) is 0 Å². The van der Waals surface area contributed by atoms with Crippen LogP contribution in [0.15, 0.2) is 0 Å². The largest absolute Gasteiger partial charge is 0.466 e. The first-order valence-electron chi connectivity index (χ1n) is 22.5. The van der Waals surface area contributed by atoms with Gasteiger partial charge in [-0.1, -0.05) is 226 Å². The van der Waals surface area contributed by atoms with Gasteiger partial charge in [-0.15, -0.1) is 0 Å². The minimum Gasteiger partial charge on any atom is -0.466 e. The van der Waals surface area contributed by atoms with Crippen molar-refractivity contribution in [3.63, 3.8) is 0 Å². The molecule has 0 fully saturated rings. The van der Waals surface area contributed by atoms with Gasteiger partial charge in [-0.2, -0.15) is 0 Å². The maximum absolute atomic E-state index is 12.0. The third-order valence-electron chi connectivity index (χ3n) is 10.3. The van der Waals surface area contributed by atoms with Crippen LogP contribution < -0.4 is 0 Å². The molecule has 0 aromatic rings. The summed E-state index contributed by atoms with van der Waals surface area (Å²) in [6.07, 6.45) is 49.2. The molecule has 0 rings (SSSR count). The number of hydrogen-bond donors (Lipinski definition) is 0. The number of rotatable bonds is 42. The zero-order valence-corrected chi connectivity index (χ0v) is 33.6. The molecule has 0 aliphatic rings. The first-order valence-corrected chi connectivity index (χ1v) is 22.5. The van der Waals surface area contributed by atoms with Crippen molar-refractivity contribution >= 4 is 11.9 Å². The fraction of sp³-hybridized carbons (Fsp3) is 0.956. The van der Waals surface area contributed by atoms with Gasteiger partial charge in [0.05, 0.1) is 13.2 Å². The Kier molecular flexibility index (Phi) is 42.2. The first-order chi connectivity index (χ1) is 24.2. The Morgan fingerprint density at radius 3 is 0.673 bits per heavy atom. The highest BCUT2D eigenvalue weighted by Crippen LogP contribution is 2.16. The van der Waals surface area contributed by atoms with Crippen molar-refractivity contribution in [2.24, 2.45) is 0 Å². The zero-order chi connectivity index (χ0) is 35.6. The van der Waals surface area contributed by atoms with Crippen LogP contribution in [0, 0.1) is 0 Å². The van der Waals surface area contributed by atoms with E-state index in [9.17, 15) is 9.59 Å². The van der Waals surface area contributed by atoms with E-state index in [0.717, 1.165) is 25.7 Å². The van der Waals surface area contributed by atoms with E-state index in [1.54, 1.807) is 0 Å². The van der Waals surface area contributed by atoms with Gasteiger partial charge in [0.2, 0.25) is 0 Å². The van der Waals surface area contributed by atoms with Gasteiger partial charge in [-0.3, -0.25) is 9.59 Å². The Labute approximate surface area is 307 Å². The van der Waals surface area contributed by atoms with Crippen LogP contribution in [-0.2, 0) is 19.1 Å². The molecule has 0 unspecified atom stereocenters. The lowest BCUT2D eigenvalue weighted by Gasteiger charge is -2.06. The van der Waals surface area contributed by atoms with E-state index in [4.69, 9.17) is 9.47 Å². The molecule has 292 valence electrons. The minimum atomic E-state index is 0.00994. The van der Waals surface area contributed by atoms with Crippen LogP contribution in [-0.4, -0.2) is 25.2 Å². The summed E-state index contributed by atoms with van der Waals surface area (Å²) in [5.74, 6) is 0.0199. The van der Waals surface area contributed by atoms with Crippen molar-refractivity contribution in [3.05, 3.63) is 0 Å². The van der Waals surface area contributed by atoms with Crippen LogP contribution in [0.4, 0.5) is 0 Å². The second-order valence-electron chi connectivity index (χ2n) is 15.3. The standard InChI is InChI=1S/C45H88O4/c1-3-5-7-9-11-13-15-20-24-28-32-36-40-44(46)48-42-38-34-30-26-22-18-17-19-23-27-31-35-39-43-49-45(47)41-37-33-29-25-21-16-14-12-10-8-6-4-2/h3-43H2,1-2H3. The molecular formula is C45H88O4. The number of carbonyl (C=O) groups excluding carboxylic acids is 2. The van der Waals surface area contributed by atoms with Crippen LogP contribution in [0.3, 0.4) is 0 Å². The first kappa shape index (κ1) is 47.9. The lowest BCUT2D eigenvalue weighted by molar-refractivity contribution is -0.144. The van der Waals surface area contributed by atoms with E-state index in [-0.39, 0.29) is 11.9 Å². The Morgan fingerprint density at radius 1 is 0.265 bits per heavy atom. The van der Waals surface area contributed by atoms with E-state index in [2.05, 4.69) is 13.8 Å². The van der Waals surface area contributed by atoms with E-state index in [1.165, 1.54) is 212 Å². The predicted molar refractivity (Wildman–Crippen MR) is 213 cm³/mol. The Morgan fingerprint density at radius 2 is 0.449 bits per heavy atom. The summed E-state index contributed by atoms with van der Waals surface area (Å²) in [5.41, 5.74) is 0. The van der Waals surface area contributed by atoms with Gasteiger partial charge in [0.25, 0.3) is 0 Å². The highest BCUT2D eigenvalue weighted by atomic mass is 16.5. The lowest BCUT2D eigenvalue weighted by atomic mass is 10.0. The molecule has 0 atom stereocenters. The SMILES string of the molecule is CCCCCCCCCCCCCCC(=O)OCCCCCCCCCCCCCCCOC(=O)CCCCCCCCCCCCCC. The molecule has 4 heteroatoms. The molecule has 0 radical (unpaired) electrons. The predicted octanol–water partition coefficient (Wildman–Crippen LogP) is 15.3. The van der Waals surface area contributed by atoms with Crippen LogP contribution in [0.2, 0.25) is 0 Å². The molecule has 49 heavy (non-hydrogen) atoms. The van der Waals surface area contributed by atoms with Gasteiger partial charge in [0, 0.05) is 12.8 Å². The summed E-state index contributed by atoms with van der Waals surface area (Å²) in [6.45, 7) is 5.77. The quantitative estimate of drug-likeness (QED) is 0.0472. The van der Waals surface area contributed by atoms with Crippen LogP contribution in [0.5, 0.6) is 0 Å². The summed E-state index contributed by atoms with van der Waals surface area (Å²) in [5, 5.41) is 0. The smallest absolute Gasteiger partial charge is 0.305 e. The van der Waals surface area contributed by atoms with E-state index in [1.807, 2.05) is 0 Å². The van der Waals surface area contributed by atoms with E-state index in [0.29, 0.717) is 26.1 Å². The Balaban J connectivity index is 3.20. The Bertz CT molecular complexity index is 594. The molecule has 0 aliphatic carbocycles. The van der Waals surface area contributed by atoms with Gasteiger partial charge in [0.15, 0.2) is 0 Å². The highest BCUT2D eigenvalue weighted by molar-refractivity contribution is 5.69. The number of ether oxygens (including phenoxy) is 2. The van der Waals surface area contributed by atoms with Crippen LogP contribution in [0.25, 0.3) is 0 Å². The molecule has 0 saturated carbocycles. The summed E-state index contributed by atoms with van der Waals surface area (Å²) in [4.78, 5) is 23.9. The Hall–Kier alpha value is -1.06. The molecule has 0 heterocycles.